The number of ether oxygens (including phenoxy) is 2. The van der Waals surface area contributed by atoms with Gasteiger partial charge in [0.05, 0.1) is 12.8 Å². The molecule has 2 N–H and O–H groups in total. The van der Waals surface area contributed by atoms with Crippen LogP contribution in [0.25, 0.3) is 0 Å². The van der Waals surface area contributed by atoms with Crippen molar-refractivity contribution in [3.63, 3.8) is 0 Å². The molecule has 0 bridgehead atoms. The van der Waals surface area contributed by atoms with E-state index in [1.54, 1.807) is 0 Å². The number of carbonyl (C=O) groups is 4. The predicted molar refractivity (Wildman–Crippen MR) is 97.4 cm³/mol. The summed E-state index contributed by atoms with van der Waals surface area (Å²) in [7, 11) is 0. The highest BCUT2D eigenvalue weighted by atomic mass is 16.6. The second kappa shape index (κ2) is 8.92. The molecule has 0 heterocycles. The highest BCUT2D eigenvalue weighted by Crippen LogP contribution is 2.37. The van der Waals surface area contributed by atoms with Crippen molar-refractivity contribution in [2.45, 2.75) is 89.3 Å². The summed E-state index contributed by atoms with van der Waals surface area (Å²) in [6.07, 6.45) is 2.94. The van der Waals surface area contributed by atoms with E-state index in [2.05, 4.69) is 0 Å². The SMILES string of the molecule is CC1CCC(OC(=O)CCC(=O)OC2(C(=O)O)CCC(C)CC2)(C(=O)O)CC1. The van der Waals surface area contributed by atoms with Crippen LogP contribution < -0.4 is 0 Å². The third-order valence-electron chi connectivity index (χ3n) is 6.10. The van der Waals surface area contributed by atoms with Gasteiger partial charge >= 0.3 is 23.9 Å². The Hall–Kier alpha value is -2.12. The highest BCUT2D eigenvalue weighted by molar-refractivity contribution is 5.85. The van der Waals surface area contributed by atoms with Crippen LogP contribution in [0, 0.1) is 11.8 Å². The first-order valence-electron chi connectivity index (χ1n) is 9.99. The molecule has 2 aliphatic rings. The molecule has 0 saturated heterocycles. The first kappa shape index (κ1) is 22.2. The van der Waals surface area contributed by atoms with Gasteiger partial charge in [-0.05, 0) is 63.2 Å². The van der Waals surface area contributed by atoms with Gasteiger partial charge in [0.1, 0.15) is 0 Å². The molecule has 8 nitrogen and oxygen atoms in total. The fourth-order valence-corrected chi connectivity index (χ4v) is 3.92. The first-order chi connectivity index (χ1) is 13.1. The lowest BCUT2D eigenvalue weighted by Gasteiger charge is -2.35. The van der Waals surface area contributed by atoms with Gasteiger partial charge in [-0.3, -0.25) is 9.59 Å². The van der Waals surface area contributed by atoms with Crippen LogP contribution in [0.15, 0.2) is 0 Å². The molecule has 0 atom stereocenters. The Morgan fingerprint density at radius 1 is 0.714 bits per heavy atom. The summed E-state index contributed by atoms with van der Waals surface area (Å²) in [5.41, 5.74) is -3.06. The maximum Gasteiger partial charge on any atom is 0.348 e. The number of aliphatic carboxylic acids is 2. The van der Waals surface area contributed by atoms with E-state index in [0.717, 1.165) is 0 Å². The molecule has 0 spiro atoms. The van der Waals surface area contributed by atoms with Gasteiger partial charge in [-0.1, -0.05) is 13.8 Å². The Balaban J connectivity index is 1.88. The summed E-state index contributed by atoms with van der Waals surface area (Å²) in [5.74, 6) is -3.14. The van der Waals surface area contributed by atoms with Crippen LogP contribution in [0.1, 0.15) is 78.1 Å². The van der Waals surface area contributed by atoms with Crippen molar-refractivity contribution in [2.75, 3.05) is 0 Å². The lowest BCUT2D eigenvalue weighted by Crippen LogP contribution is -2.47. The Morgan fingerprint density at radius 3 is 1.25 bits per heavy atom. The van der Waals surface area contributed by atoms with Crippen molar-refractivity contribution in [3.8, 4) is 0 Å². The van der Waals surface area contributed by atoms with Crippen molar-refractivity contribution >= 4 is 23.9 Å². The number of hydrogen-bond donors (Lipinski definition) is 2. The molecule has 158 valence electrons. The van der Waals surface area contributed by atoms with E-state index in [1.807, 2.05) is 13.8 Å². The van der Waals surface area contributed by atoms with Crippen molar-refractivity contribution in [3.05, 3.63) is 0 Å². The average molecular weight is 398 g/mol. The molecule has 0 aromatic rings. The van der Waals surface area contributed by atoms with E-state index in [-0.39, 0.29) is 38.5 Å². The lowest BCUT2D eigenvalue weighted by atomic mass is 9.79. The van der Waals surface area contributed by atoms with Crippen LogP contribution in [-0.4, -0.2) is 45.3 Å². The molecule has 0 unspecified atom stereocenters. The second-order valence-corrected chi connectivity index (χ2v) is 8.41. The molecule has 0 radical (unpaired) electrons. The molecule has 2 saturated carbocycles. The van der Waals surface area contributed by atoms with Crippen LogP contribution in [0.5, 0.6) is 0 Å². The van der Waals surface area contributed by atoms with Crippen molar-refractivity contribution in [2.24, 2.45) is 11.8 Å². The van der Waals surface area contributed by atoms with Crippen LogP contribution in [0.4, 0.5) is 0 Å². The van der Waals surface area contributed by atoms with E-state index < -0.39 is 35.1 Å². The van der Waals surface area contributed by atoms with E-state index in [0.29, 0.717) is 37.5 Å². The monoisotopic (exact) mass is 398 g/mol. The minimum Gasteiger partial charge on any atom is -0.478 e. The zero-order chi connectivity index (χ0) is 20.9. The van der Waals surface area contributed by atoms with Gasteiger partial charge < -0.3 is 19.7 Å². The van der Waals surface area contributed by atoms with E-state index >= 15 is 0 Å². The second-order valence-electron chi connectivity index (χ2n) is 8.41. The standard InChI is InChI=1S/C20H30O8/c1-13-5-9-19(10-6-13,17(23)24)27-15(21)3-4-16(22)28-20(18(25)26)11-7-14(2)8-12-20/h13-14H,3-12H2,1-2H3,(H,23,24)(H,25,26). The minimum absolute atomic E-state index is 0.250. The molecular weight excluding hydrogens is 368 g/mol. The van der Waals surface area contributed by atoms with Gasteiger partial charge in [0.25, 0.3) is 0 Å². The van der Waals surface area contributed by atoms with Gasteiger partial charge in [-0.15, -0.1) is 0 Å². The molecule has 0 aliphatic heterocycles. The van der Waals surface area contributed by atoms with Gasteiger partial charge in [-0.2, -0.15) is 0 Å². The molecule has 0 aromatic carbocycles. The average Bonchev–Trinajstić information content (AvgIpc) is 2.64. The summed E-state index contributed by atoms with van der Waals surface area (Å²) in [4.78, 5) is 47.5. The summed E-state index contributed by atoms with van der Waals surface area (Å²) < 4.78 is 10.5. The quantitative estimate of drug-likeness (QED) is 0.627. The maximum absolute atomic E-state index is 12.1. The number of hydrogen-bond acceptors (Lipinski definition) is 6. The highest BCUT2D eigenvalue weighted by Gasteiger charge is 2.46. The fourth-order valence-electron chi connectivity index (χ4n) is 3.92. The first-order valence-corrected chi connectivity index (χ1v) is 9.99. The van der Waals surface area contributed by atoms with Crippen LogP contribution in [0.3, 0.4) is 0 Å². The fraction of sp³-hybridized carbons (Fsp3) is 0.800. The number of esters is 2. The largest absolute Gasteiger partial charge is 0.478 e. The molecule has 0 amide bonds. The number of carboxylic acids is 2. The van der Waals surface area contributed by atoms with Gasteiger partial charge in [0.15, 0.2) is 0 Å². The Morgan fingerprint density at radius 2 is 1.00 bits per heavy atom. The number of carbonyl (C=O) groups excluding carboxylic acids is 2. The summed E-state index contributed by atoms with van der Waals surface area (Å²) in [6, 6.07) is 0. The normalized spacial score (nSPS) is 32.9. The van der Waals surface area contributed by atoms with Crippen LogP contribution in [-0.2, 0) is 28.7 Å². The van der Waals surface area contributed by atoms with E-state index in [4.69, 9.17) is 9.47 Å². The molecular formula is C20H30O8. The maximum atomic E-state index is 12.1. The zero-order valence-electron chi connectivity index (χ0n) is 16.6. The number of rotatable bonds is 7. The van der Waals surface area contributed by atoms with Gasteiger partial charge in [0.2, 0.25) is 11.2 Å². The van der Waals surface area contributed by atoms with E-state index in [9.17, 15) is 29.4 Å². The molecule has 8 heteroatoms. The van der Waals surface area contributed by atoms with Gasteiger partial charge in [-0.25, -0.2) is 9.59 Å². The molecule has 28 heavy (non-hydrogen) atoms. The van der Waals surface area contributed by atoms with Crippen molar-refractivity contribution < 1.29 is 38.9 Å². The topological polar surface area (TPSA) is 127 Å². The predicted octanol–water partition coefficient (Wildman–Crippen LogP) is 2.92. The van der Waals surface area contributed by atoms with Crippen molar-refractivity contribution in [1.29, 1.82) is 0 Å². The molecule has 2 fully saturated rings. The van der Waals surface area contributed by atoms with Crippen LogP contribution in [0.2, 0.25) is 0 Å². The molecule has 0 aromatic heterocycles. The van der Waals surface area contributed by atoms with Gasteiger partial charge in [0, 0.05) is 0 Å². The third kappa shape index (κ3) is 5.23. The summed E-state index contributed by atoms with van der Waals surface area (Å²) in [6.45, 7) is 4.04. The van der Waals surface area contributed by atoms with Crippen molar-refractivity contribution in [1.82, 2.24) is 0 Å². The summed E-state index contributed by atoms with van der Waals surface area (Å²) in [5, 5.41) is 19.0. The molecule has 2 rings (SSSR count). The lowest BCUT2D eigenvalue weighted by molar-refractivity contribution is -0.187. The number of carboxylic acid groups (broad SMARTS) is 2. The summed E-state index contributed by atoms with van der Waals surface area (Å²) >= 11 is 0. The third-order valence-corrected chi connectivity index (χ3v) is 6.10. The van der Waals surface area contributed by atoms with Crippen LogP contribution >= 0.6 is 0 Å². The molecule has 2 aliphatic carbocycles. The smallest absolute Gasteiger partial charge is 0.348 e. The van der Waals surface area contributed by atoms with E-state index in [1.165, 1.54) is 0 Å². The Labute approximate surface area is 164 Å². The minimum atomic E-state index is -1.53. The Kier molecular flexibility index (Phi) is 7.06. The Bertz CT molecular complexity index is 556. The zero-order valence-corrected chi connectivity index (χ0v) is 16.6.